The molecular weight excluding hydrogens is 164 g/mol. The van der Waals surface area contributed by atoms with Crippen molar-refractivity contribution in [2.75, 3.05) is 0 Å². The average Bonchev–Trinajstić information content (AvgIpc) is 2.56. The molecule has 1 heteroatoms. The Kier molecular flexibility index (Phi) is 5.13. The van der Waals surface area contributed by atoms with E-state index in [9.17, 15) is 0 Å². The van der Waals surface area contributed by atoms with Crippen molar-refractivity contribution >= 4 is 11.8 Å². The Labute approximate surface area is 81.5 Å². The van der Waals surface area contributed by atoms with Gasteiger partial charge in [-0.3, -0.25) is 0 Å². The zero-order chi connectivity index (χ0) is 8.81. The van der Waals surface area contributed by atoms with Crippen molar-refractivity contribution in [3.05, 3.63) is 0 Å². The Morgan fingerprint density at radius 2 is 1.92 bits per heavy atom. The second-order valence-corrected chi connectivity index (χ2v) is 5.47. The summed E-state index contributed by atoms with van der Waals surface area (Å²) < 4.78 is 0. The third-order valence-electron chi connectivity index (χ3n) is 2.75. The van der Waals surface area contributed by atoms with Gasteiger partial charge >= 0.3 is 0 Å². The first kappa shape index (κ1) is 10.4. The van der Waals surface area contributed by atoms with E-state index in [4.69, 9.17) is 0 Å². The number of thioether (sulfide) groups is 1. The molecule has 1 fully saturated rings. The lowest BCUT2D eigenvalue weighted by atomic mass is 10.2. The zero-order valence-corrected chi connectivity index (χ0v) is 9.33. The van der Waals surface area contributed by atoms with Crippen molar-refractivity contribution in [3.8, 4) is 0 Å². The van der Waals surface area contributed by atoms with Crippen LogP contribution in [0.5, 0.6) is 0 Å². The molecule has 1 rings (SSSR count). The Hall–Kier alpha value is 0.350. The Morgan fingerprint density at radius 3 is 2.42 bits per heavy atom. The van der Waals surface area contributed by atoms with Crippen LogP contribution in [0.15, 0.2) is 0 Å². The van der Waals surface area contributed by atoms with E-state index in [0.29, 0.717) is 0 Å². The molecule has 1 aliphatic carbocycles. The SMILES string of the molecule is CCCC(CC)SC1CCCC1. The maximum absolute atomic E-state index is 2.34. The van der Waals surface area contributed by atoms with Crippen LogP contribution in [0, 0.1) is 0 Å². The predicted octanol–water partition coefficient (Wildman–Crippen LogP) is 4.24. The largest absolute Gasteiger partial charge is 0.155 e. The average molecular weight is 186 g/mol. The minimum atomic E-state index is 0.957. The maximum Gasteiger partial charge on any atom is 0.00498 e. The Morgan fingerprint density at radius 1 is 1.25 bits per heavy atom. The van der Waals surface area contributed by atoms with E-state index in [-0.39, 0.29) is 0 Å². The molecule has 1 unspecified atom stereocenters. The summed E-state index contributed by atoms with van der Waals surface area (Å²) in [6, 6.07) is 0. The highest BCUT2D eigenvalue weighted by molar-refractivity contribution is 8.00. The first-order valence-corrected chi connectivity index (χ1v) is 6.46. The van der Waals surface area contributed by atoms with E-state index in [2.05, 4.69) is 25.6 Å². The van der Waals surface area contributed by atoms with Crippen molar-refractivity contribution in [2.45, 2.75) is 69.3 Å². The summed E-state index contributed by atoms with van der Waals surface area (Å²) in [6.45, 7) is 4.64. The fourth-order valence-electron chi connectivity index (χ4n) is 1.99. The molecule has 0 radical (unpaired) electrons. The van der Waals surface area contributed by atoms with Gasteiger partial charge in [-0.25, -0.2) is 0 Å². The van der Waals surface area contributed by atoms with Crippen LogP contribution < -0.4 is 0 Å². The summed E-state index contributed by atoms with van der Waals surface area (Å²) in [6.07, 6.45) is 10.1. The monoisotopic (exact) mass is 186 g/mol. The van der Waals surface area contributed by atoms with Crippen LogP contribution in [0.2, 0.25) is 0 Å². The molecule has 0 amide bonds. The van der Waals surface area contributed by atoms with E-state index >= 15 is 0 Å². The van der Waals surface area contributed by atoms with E-state index < -0.39 is 0 Å². The standard InChI is InChI=1S/C11H22S/c1-3-7-10(4-2)12-11-8-5-6-9-11/h10-11H,3-9H2,1-2H3. The van der Waals surface area contributed by atoms with Crippen LogP contribution in [-0.2, 0) is 0 Å². The molecule has 1 saturated carbocycles. The summed E-state index contributed by atoms with van der Waals surface area (Å²) in [7, 11) is 0. The summed E-state index contributed by atoms with van der Waals surface area (Å²) in [5.74, 6) is 0. The normalized spacial score (nSPS) is 21.5. The van der Waals surface area contributed by atoms with Gasteiger partial charge in [-0.1, -0.05) is 33.1 Å². The zero-order valence-electron chi connectivity index (χ0n) is 8.51. The summed E-state index contributed by atoms with van der Waals surface area (Å²) in [5, 5.41) is 1.97. The van der Waals surface area contributed by atoms with E-state index in [0.717, 1.165) is 10.5 Å². The molecule has 12 heavy (non-hydrogen) atoms. The minimum absolute atomic E-state index is 0.957. The molecule has 1 aliphatic rings. The first-order chi connectivity index (χ1) is 5.86. The third kappa shape index (κ3) is 3.38. The highest BCUT2D eigenvalue weighted by Gasteiger charge is 2.18. The van der Waals surface area contributed by atoms with Crippen molar-refractivity contribution in [1.29, 1.82) is 0 Å². The summed E-state index contributed by atoms with van der Waals surface area (Å²) in [4.78, 5) is 0. The van der Waals surface area contributed by atoms with Gasteiger partial charge in [0, 0.05) is 10.5 Å². The van der Waals surface area contributed by atoms with Gasteiger partial charge in [0.15, 0.2) is 0 Å². The predicted molar refractivity (Wildman–Crippen MR) is 58.8 cm³/mol. The van der Waals surface area contributed by atoms with E-state index in [1.165, 1.54) is 44.9 Å². The topological polar surface area (TPSA) is 0 Å². The molecule has 0 aromatic carbocycles. The van der Waals surface area contributed by atoms with Crippen LogP contribution >= 0.6 is 11.8 Å². The van der Waals surface area contributed by atoms with Gasteiger partial charge in [-0.15, -0.1) is 0 Å². The molecule has 0 spiro atoms. The van der Waals surface area contributed by atoms with Crippen LogP contribution in [0.25, 0.3) is 0 Å². The minimum Gasteiger partial charge on any atom is -0.155 e. The van der Waals surface area contributed by atoms with Crippen molar-refractivity contribution in [3.63, 3.8) is 0 Å². The van der Waals surface area contributed by atoms with Crippen LogP contribution in [0.4, 0.5) is 0 Å². The van der Waals surface area contributed by atoms with Gasteiger partial charge in [0.05, 0.1) is 0 Å². The fourth-order valence-corrected chi connectivity index (χ4v) is 3.70. The van der Waals surface area contributed by atoms with Crippen LogP contribution in [0.3, 0.4) is 0 Å². The second kappa shape index (κ2) is 5.90. The second-order valence-electron chi connectivity index (χ2n) is 3.86. The Balaban J connectivity index is 2.16. The molecule has 0 heterocycles. The molecule has 0 saturated heterocycles. The number of rotatable bonds is 5. The van der Waals surface area contributed by atoms with Crippen LogP contribution in [0.1, 0.15) is 58.8 Å². The van der Waals surface area contributed by atoms with Crippen molar-refractivity contribution in [1.82, 2.24) is 0 Å². The molecule has 0 aromatic heterocycles. The van der Waals surface area contributed by atoms with Gasteiger partial charge in [-0.2, -0.15) is 11.8 Å². The third-order valence-corrected chi connectivity index (χ3v) is 4.56. The van der Waals surface area contributed by atoms with Gasteiger partial charge < -0.3 is 0 Å². The lowest BCUT2D eigenvalue weighted by Gasteiger charge is -2.17. The number of hydrogen-bond donors (Lipinski definition) is 0. The van der Waals surface area contributed by atoms with E-state index in [1.807, 2.05) is 0 Å². The number of hydrogen-bond acceptors (Lipinski definition) is 1. The molecule has 0 aliphatic heterocycles. The smallest absolute Gasteiger partial charge is 0.00498 e. The summed E-state index contributed by atoms with van der Waals surface area (Å²) in [5.41, 5.74) is 0. The van der Waals surface area contributed by atoms with Gasteiger partial charge in [0.2, 0.25) is 0 Å². The maximum atomic E-state index is 2.34. The lowest BCUT2D eigenvalue weighted by molar-refractivity contribution is 0.712. The fraction of sp³-hybridized carbons (Fsp3) is 1.00. The van der Waals surface area contributed by atoms with Gasteiger partial charge in [-0.05, 0) is 25.7 Å². The Bertz CT molecular complexity index is 106. The van der Waals surface area contributed by atoms with Crippen molar-refractivity contribution in [2.24, 2.45) is 0 Å². The highest BCUT2D eigenvalue weighted by Crippen LogP contribution is 2.34. The molecule has 0 nitrogen and oxygen atoms in total. The molecule has 1 atom stereocenters. The molecular formula is C11H22S. The molecule has 0 aromatic rings. The van der Waals surface area contributed by atoms with Gasteiger partial charge in [0.25, 0.3) is 0 Å². The van der Waals surface area contributed by atoms with Crippen LogP contribution in [-0.4, -0.2) is 10.5 Å². The molecule has 0 N–H and O–H groups in total. The van der Waals surface area contributed by atoms with Crippen molar-refractivity contribution < 1.29 is 0 Å². The first-order valence-electron chi connectivity index (χ1n) is 5.52. The highest BCUT2D eigenvalue weighted by atomic mass is 32.2. The molecule has 0 bridgehead atoms. The summed E-state index contributed by atoms with van der Waals surface area (Å²) >= 11 is 2.28. The quantitative estimate of drug-likeness (QED) is 0.619. The lowest BCUT2D eigenvalue weighted by Crippen LogP contribution is -2.06. The molecule has 72 valence electrons. The van der Waals surface area contributed by atoms with E-state index in [1.54, 1.807) is 0 Å². The van der Waals surface area contributed by atoms with Gasteiger partial charge in [0.1, 0.15) is 0 Å².